The minimum atomic E-state index is -3.34. The average Bonchev–Trinajstić information content (AvgIpc) is 2.38. The summed E-state index contributed by atoms with van der Waals surface area (Å²) >= 11 is 0. The first-order chi connectivity index (χ1) is 8.49. The van der Waals surface area contributed by atoms with Crippen molar-refractivity contribution in [2.45, 2.75) is 24.3 Å². The summed E-state index contributed by atoms with van der Waals surface area (Å²) in [5.74, 6) is -0.465. The number of rotatable bonds is 6. The molecule has 0 radical (unpaired) electrons. The number of hydrogen-bond donors (Lipinski definition) is 1. The SMILES string of the molecule is COC(=O)CCCS(=O)(=O)c1ccc(CN)cc1. The van der Waals surface area contributed by atoms with Gasteiger partial charge in [-0.1, -0.05) is 12.1 Å². The molecule has 5 nitrogen and oxygen atoms in total. The van der Waals surface area contributed by atoms with Gasteiger partial charge in [-0.3, -0.25) is 4.79 Å². The maximum atomic E-state index is 11.9. The molecule has 0 aliphatic carbocycles. The molecule has 18 heavy (non-hydrogen) atoms. The molecule has 0 aliphatic rings. The van der Waals surface area contributed by atoms with Crippen LogP contribution < -0.4 is 5.73 Å². The summed E-state index contributed by atoms with van der Waals surface area (Å²) in [6.45, 7) is 0.378. The van der Waals surface area contributed by atoms with Gasteiger partial charge in [-0.2, -0.15) is 0 Å². The summed E-state index contributed by atoms with van der Waals surface area (Å²) in [5, 5.41) is 0. The minimum Gasteiger partial charge on any atom is -0.469 e. The van der Waals surface area contributed by atoms with Gasteiger partial charge in [0.1, 0.15) is 0 Å². The van der Waals surface area contributed by atoms with Gasteiger partial charge in [0, 0.05) is 13.0 Å². The molecule has 0 spiro atoms. The lowest BCUT2D eigenvalue weighted by Gasteiger charge is -2.05. The molecule has 1 aromatic rings. The van der Waals surface area contributed by atoms with Gasteiger partial charge in [0.05, 0.1) is 17.8 Å². The molecule has 0 amide bonds. The fourth-order valence-electron chi connectivity index (χ4n) is 1.46. The standard InChI is InChI=1S/C12H17NO4S/c1-17-12(14)3-2-8-18(15,16)11-6-4-10(9-13)5-7-11/h4-7H,2-3,8-9,13H2,1H3. The van der Waals surface area contributed by atoms with E-state index in [9.17, 15) is 13.2 Å². The molecular weight excluding hydrogens is 254 g/mol. The summed E-state index contributed by atoms with van der Waals surface area (Å²) in [4.78, 5) is 11.1. The van der Waals surface area contributed by atoms with E-state index >= 15 is 0 Å². The third kappa shape index (κ3) is 4.12. The van der Waals surface area contributed by atoms with Crippen LogP contribution in [0.25, 0.3) is 0 Å². The highest BCUT2D eigenvalue weighted by Crippen LogP contribution is 2.14. The van der Waals surface area contributed by atoms with E-state index in [2.05, 4.69) is 4.74 Å². The predicted octanol–water partition coefficient (Wildman–Crippen LogP) is 0.872. The Hall–Kier alpha value is -1.40. The number of hydrogen-bond acceptors (Lipinski definition) is 5. The Morgan fingerprint density at radius 3 is 2.39 bits per heavy atom. The number of carbonyl (C=O) groups excluding carboxylic acids is 1. The largest absolute Gasteiger partial charge is 0.469 e. The fourth-order valence-corrected chi connectivity index (χ4v) is 2.77. The molecule has 0 unspecified atom stereocenters. The molecule has 0 aromatic heterocycles. The Balaban J connectivity index is 2.65. The van der Waals surface area contributed by atoms with Gasteiger partial charge in [-0.05, 0) is 24.1 Å². The zero-order valence-corrected chi connectivity index (χ0v) is 11.1. The van der Waals surface area contributed by atoms with Crippen LogP contribution in [0.5, 0.6) is 0 Å². The molecule has 0 saturated heterocycles. The molecular formula is C12H17NO4S. The zero-order valence-electron chi connectivity index (χ0n) is 10.3. The summed E-state index contributed by atoms with van der Waals surface area (Å²) in [7, 11) is -2.06. The maximum absolute atomic E-state index is 11.9. The van der Waals surface area contributed by atoms with E-state index in [0.29, 0.717) is 6.54 Å². The molecule has 1 aromatic carbocycles. The third-order valence-corrected chi connectivity index (χ3v) is 4.36. The van der Waals surface area contributed by atoms with Crippen molar-refractivity contribution in [2.75, 3.05) is 12.9 Å². The summed E-state index contributed by atoms with van der Waals surface area (Å²) < 4.78 is 28.3. The van der Waals surface area contributed by atoms with Crippen LogP contribution >= 0.6 is 0 Å². The Morgan fingerprint density at radius 2 is 1.89 bits per heavy atom. The van der Waals surface area contributed by atoms with Gasteiger partial charge in [-0.25, -0.2) is 8.42 Å². The van der Waals surface area contributed by atoms with E-state index in [1.807, 2.05) is 0 Å². The highest BCUT2D eigenvalue weighted by Gasteiger charge is 2.14. The number of sulfone groups is 1. The lowest BCUT2D eigenvalue weighted by Crippen LogP contribution is -2.10. The van der Waals surface area contributed by atoms with Crippen LogP contribution in [0.3, 0.4) is 0 Å². The molecule has 1 rings (SSSR count). The van der Waals surface area contributed by atoms with Gasteiger partial charge in [0.15, 0.2) is 9.84 Å². The minimum absolute atomic E-state index is 0.0654. The van der Waals surface area contributed by atoms with Crippen LogP contribution in [0.1, 0.15) is 18.4 Å². The normalized spacial score (nSPS) is 11.2. The van der Waals surface area contributed by atoms with Gasteiger partial charge in [0.25, 0.3) is 0 Å². The molecule has 0 saturated carbocycles. The van der Waals surface area contributed by atoms with Crippen LogP contribution in [0.4, 0.5) is 0 Å². The number of esters is 1. The number of nitrogens with two attached hydrogens (primary N) is 1. The second-order valence-corrected chi connectivity index (χ2v) is 5.96. The van der Waals surface area contributed by atoms with E-state index in [1.54, 1.807) is 12.1 Å². The van der Waals surface area contributed by atoms with Crippen molar-refractivity contribution < 1.29 is 17.9 Å². The lowest BCUT2D eigenvalue weighted by molar-refractivity contribution is -0.140. The highest BCUT2D eigenvalue weighted by atomic mass is 32.2. The first-order valence-corrected chi connectivity index (χ1v) is 7.23. The highest BCUT2D eigenvalue weighted by molar-refractivity contribution is 7.91. The van der Waals surface area contributed by atoms with E-state index in [1.165, 1.54) is 19.2 Å². The molecule has 2 N–H and O–H groups in total. The van der Waals surface area contributed by atoms with Gasteiger partial charge in [-0.15, -0.1) is 0 Å². The molecule has 0 heterocycles. The Morgan fingerprint density at radius 1 is 1.28 bits per heavy atom. The van der Waals surface area contributed by atoms with Crippen LogP contribution in [-0.4, -0.2) is 27.2 Å². The molecule has 6 heteroatoms. The first-order valence-electron chi connectivity index (χ1n) is 5.58. The van der Waals surface area contributed by atoms with Gasteiger partial charge in [0.2, 0.25) is 0 Å². The molecule has 0 fully saturated rings. The quantitative estimate of drug-likeness (QED) is 0.776. The first kappa shape index (κ1) is 14.7. The van der Waals surface area contributed by atoms with E-state index in [4.69, 9.17) is 5.73 Å². The monoisotopic (exact) mass is 271 g/mol. The number of benzene rings is 1. The zero-order chi connectivity index (χ0) is 13.6. The van der Waals surface area contributed by atoms with Gasteiger partial charge >= 0.3 is 5.97 Å². The third-order valence-electron chi connectivity index (χ3n) is 2.54. The Kier molecular flexibility index (Phi) is 5.30. The van der Waals surface area contributed by atoms with Crippen molar-refractivity contribution >= 4 is 15.8 Å². The number of ether oxygens (including phenoxy) is 1. The fraction of sp³-hybridized carbons (Fsp3) is 0.417. The van der Waals surface area contributed by atoms with Crippen LogP contribution in [0, 0.1) is 0 Å². The van der Waals surface area contributed by atoms with Crippen molar-refractivity contribution in [3.8, 4) is 0 Å². The molecule has 0 aliphatic heterocycles. The van der Waals surface area contributed by atoms with Crippen molar-refractivity contribution in [3.05, 3.63) is 29.8 Å². The van der Waals surface area contributed by atoms with Crippen LogP contribution in [0.2, 0.25) is 0 Å². The van der Waals surface area contributed by atoms with Gasteiger partial charge < -0.3 is 10.5 Å². The second kappa shape index (κ2) is 6.51. The van der Waals surface area contributed by atoms with E-state index in [0.717, 1.165) is 5.56 Å². The van der Waals surface area contributed by atoms with Crippen molar-refractivity contribution in [1.29, 1.82) is 0 Å². The summed E-state index contributed by atoms with van der Waals surface area (Å²) in [6, 6.07) is 6.45. The molecule has 100 valence electrons. The number of methoxy groups -OCH3 is 1. The van der Waals surface area contributed by atoms with Crippen molar-refractivity contribution in [2.24, 2.45) is 5.73 Å². The second-order valence-electron chi connectivity index (χ2n) is 3.85. The predicted molar refractivity (Wildman–Crippen MR) is 67.6 cm³/mol. The topological polar surface area (TPSA) is 86.5 Å². The Labute approximate surface area is 107 Å². The Bertz CT molecular complexity index is 493. The maximum Gasteiger partial charge on any atom is 0.305 e. The van der Waals surface area contributed by atoms with E-state index < -0.39 is 15.8 Å². The molecule has 0 bridgehead atoms. The summed E-state index contributed by atoms with van der Waals surface area (Å²) in [5.41, 5.74) is 6.32. The summed E-state index contributed by atoms with van der Waals surface area (Å²) in [6.07, 6.45) is 0.365. The van der Waals surface area contributed by atoms with Crippen LogP contribution in [0.15, 0.2) is 29.2 Å². The van der Waals surface area contributed by atoms with E-state index in [-0.39, 0.29) is 23.5 Å². The van der Waals surface area contributed by atoms with Crippen molar-refractivity contribution in [3.63, 3.8) is 0 Å². The van der Waals surface area contributed by atoms with Crippen LogP contribution in [-0.2, 0) is 25.9 Å². The number of carbonyl (C=O) groups is 1. The molecule has 0 atom stereocenters. The van der Waals surface area contributed by atoms with Crippen molar-refractivity contribution in [1.82, 2.24) is 0 Å². The lowest BCUT2D eigenvalue weighted by atomic mass is 10.2. The smallest absolute Gasteiger partial charge is 0.305 e. The average molecular weight is 271 g/mol.